The molecule has 0 atom stereocenters. The fourth-order valence-corrected chi connectivity index (χ4v) is 2.16. The minimum absolute atomic E-state index is 0.252. The lowest BCUT2D eigenvalue weighted by Gasteiger charge is -2.09. The quantitative estimate of drug-likeness (QED) is 0.842. The van der Waals surface area contributed by atoms with Crippen LogP contribution in [0.1, 0.15) is 21.6 Å². The van der Waals surface area contributed by atoms with Gasteiger partial charge in [-0.15, -0.1) is 0 Å². The zero-order chi connectivity index (χ0) is 13.3. The molecule has 0 saturated carbocycles. The predicted octanol–water partition coefficient (Wildman–Crippen LogP) is 3.80. The van der Waals surface area contributed by atoms with E-state index in [2.05, 4.69) is 47.4 Å². The van der Waals surface area contributed by atoms with Gasteiger partial charge in [0.25, 0.3) is 5.91 Å². The fourth-order valence-electron chi connectivity index (χ4n) is 1.53. The van der Waals surface area contributed by atoms with Gasteiger partial charge in [0.05, 0.1) is 4.47 Å². The molecule has 0 saturated heterocycles. The number of aromatic amines is 1. The Hall–Kier alpha value is -1.14. The maximum Gasteiger partial charge on any atom is 0.277 e. The molecule has 0 unspecified atom stereocenters. The lowest BCUT2D eigenvalue weighted by Crippen LogP contribution is -2.14. The Bertz CT molecular complexity index is 607. The van der Waals surface area contributed by atoms with Crippen molar-refractivity contribution >= 4 is 43.5 Å². The van der Waals surface area contributed by atoms with Crippen molar-refractivity contribution in [3.8, 4) is 0 Å². The summed E-state index contributed by atoms with van der Waals surface area (Å²) in [5, 5.41) is 9.47. The van der Waals surface area contributed by atoms with Gasteiger partial charge in [0, 0.05) is 5.69 Å². The third-order valence-electron chi connectivity index (χ3n) is 2.73. The summed E-state index contributed by atoms with van der Waals surface area (Å²) in [5.74, 6) is -0.252. The molecule has 4 nitrogen and oxygen atoms in total. The van der Waals surface area contributed by atoms with E-state index in [0.717, 1.165) is 16.8 Å². The number of hydrogen-bond donors (Lipinski definition) is 2. The van der Waals surface area contributed by atoms with Crippen molar-refractivity contribution in [2.24, 2.45) is 0 Å². The van der Waals surface area contributed by atoms with E-state index in [1.54, 1.807) is 0 Å². The first-order valence-corrected chi connectivity index (χ1v) is 6.86. The predicted molar refractivity (Wildman–Crippen MR) is 77.9 cm³/mol. The smallest absolute Gasteiger partial charge is 0.277 e. The van der Waals surface area contributed by atoms with Gasteiger partial charge in [0.1, 0.15) is 4.60 Å². The second kappa shape index (κ2) is 5.24. The molecular formula is C12H11Br2N3O. The molecule has 0 aliphatic heterocycles. The molecule has 6 heteroatoms. The van der Waals surface area contributed by atoms with Gasteiger partial charge in [0.2, 0.25) is 0 Å². The Labute approximate surface area is 121 Å². The van der Waals surface area contributed by atoms with Crippen LogP contribution < -0.4 is 5.32 Å². The Morgan fingerprint density at radius 3 is 2.67 bits per heavy atom. The van der Waals surface area contributed by atoms with Crippen LogP contribution in [-0.4, -0.2) is 16.1 Å². The summed E-state index contributed by atoms with van der Waals surface area (Å²) < 4.78 is 1.26. The van der Waals surface area contributed by atoms with Crippen LogP contribution in [0.25, 0.3) is 0 Å². The number of carbonyl (C=O) groups excluding carboxylic acids is 1. The maximum atomic E-state index is 12.1. The molecule has 1 aromatic carbocycles. The highest BCUT2D eigenvalue weighted by molar-refractivity contribution is 9.13. The molecule has 0 aliphatic rings. The molecule has 0 aliphatic carbocycles. The van der Waals surface area contributed by atoms with Crippen molar-refractivity contribution in [1.29, 1.82) is 0 Å². The number of nitrogens with zero attached hydrogens (tertiary/aromatic N) is 1. The van der Waals surface area contributed by atoms with Gasteiger partial charge in [-0.3, -0.25) is 9.89 Å². The van der Waals surface area contributed by atoms with Crippen molar-refractivity contribution in [2.45, 2.75) is 13.8 Å². The highest BCUT2D eigenvalue weighted by Gasteiger charge is 2.17. The van der Waals surface area contributed by atoms with E-state index in [1.165, 1.54) is 0 Å². The standard InChI is InChI=1S/C12H11Br2N3O/c1-6-4-3-5-8(7(6)2)15-12(18)10-9(13)11(14)17-16-10/h3-5H,1-2H3,(H,15,18)(H,16,17). The number of benzene rings is 1. The van der Waals surface area contributed by atoms with E-state index in [9.17, 15) is 4.79 Å². The molecular weight excluding hydrogens is 362 g/mol. The third-order valence-corrected chi connectivity index (χ3v) is 4.61. The second-order valence-corrected chi connectivity index (χ2v) is 5.49. The SMILES string of the molecule is Cc1cccc(NC(=O)c2n[nH]c(Br)c2Br)c1C. The average Bonchev–Trinajstić information content (AvgIpc) is 2.66. The van der Waals surface area contributed by atoms with Crippen molar-refractivity contribution < 1.29 is 4.79 Å². The summed E-state index contributed by atoms with van der Waals surface area (Å²) in [7, 11) is 0. The topological polar surface area (TPSA) is 57.8 Å². The third kappa shape index (κ3) is 2.49. The fraction of sp³-hybridized carbons (Fsp3) is 0.167. The van der Waals surface area contributed by atoms with Gasteiger partial charge in [-0.05, 0) is 62.9 Å². The summed E-state index contributed by atoms with van der Waals surface area (Å²) in [5.41, 5.74) is 3.31. The van der Waals surface area contributed by atoms with Gasteiger partial charge in [-0.1, -0.05) is 12.1 Å². The molecule has 0 spiro atoms. The van der Waals surface area contributed by atoms with Crippen LogP contribution in [0.4, 0.5) is 5.69 Å². The average molecular weight is 373 g/mol. The molecule has 2 rings (SSSR count). The number of hydrogen-bond acceptors (Lipinski definition) is 2. The first-order chi connectivity index (χ1) is 8.50. The minimum Gasteiger partial charge on any atom is -0.320 e. The molecule has 18 heavy (non-hydrogen) atoms. The Kier molecular flexibility index (Phi) is 3.87. The van der Waals surface area contributed by atoms with Crippen molar-refractivity contribution in [3.05, 3.63) is 44.1 Å². The monoisotopic (exact) mass is 371 g/mol. The highest BCUT2D eigenvalue weighted by Crippen LogP contribution is 2.25. The van der Waals surface area contributed by atoms with Crippen LogP contribution in [-0.2, 0) is 0 Å². The molecule has 1 aromatic heterocycles. The lowest BCUT2D eigenvalue weighted by molar-refractivity contribution is 0.102. The Morgan fingerprint density at radius 1 is 1.33 bits per heavy atom. The number of anilines is 1. The van der Waals surface area contributed by atoms with Crippen LogP contribution in [0.15, 0.2) is 27.3 Å². The number of H-pyrrole nitrogens is 1. The Morgan fingerprint density at radius 2 is 2.06 bits per heavy atom. The van der Waals surface area contributed by atoms with E-state index < -0.39 is 0 Å². The van der Waals surface area contributed by atoms with Crippen LogP contribution in [0.5, 0.6) is 0 Å². The molecule has 94 valence electrons. The zero-order valence-electron chi connectivity index (χ0n) is 9.84. The molecule has 2 aromatic rings. The van der Waals surface area contributed by atoms with Crippen molar-refractivity contribution in [1.82, 2.24) is 10.2 Å². The number of nitrogens with one attached hydrogen (secondary N) is 2. The molecule has 1 amide bonds. The summed E-state index contributed by atoms with van der Waals surface area (Å²) in [4.78, 5) is 12.1. The molecule has 0 bridgehead atoms. The van der Waals surface area contributed by atoms with Crippen LogP contribution >= 0.6 is 31.9 Å². The van der Waals surface area contributed by atoms with Gasteiger partial charge in [-0.2, -0.15) is 5.10 Å². The first kappa shape index (κ1) is 13.3. The van der Waals surface area contributed by atoms with Crippen LogP contribution in [0.2, 0.25) is 0 Å². The van der Waals surface area contributed by atoms with Crippen LogP contribution in [0, 0.1) is 13.8 Å². The van der Waals surface area contributed by atoms with Crippen molar-refractivity contribution in [3.63, 3.8) is 0 Å². The van der Waals surface area contributed by atoms with Crippen LogP contribution in [0.3, 0.4) is 0 Å². The normalized spacial score (nSPS) is 10.4. The van der Waals surface area contributed by atoms with Crippen molar-refractivity contribution in [2.75, 3.05) is 5.32 Å². The minimum atomic E-state index is -0.252. The van der Waals surface area contributed by atoms with E-state index in [0.29, 0.717) is 14.8 Å². The number of aromatic nitrogens is 2. The van der Waals surface area contributed by atoms with E-state index in [-0.39, 0.29) is 5.91 Å². The van der Waals surface area contributed by atoms with Gasteiger partial charge in [0.15, 0.2) is 5.69 Å². The number of amides is 1. The van der Waals surface area contributed by atoms with E-state index in [4.69, 9.17) is 0 Å². The van der Waals surface area contributed by atoms with E-state index in [1.807, 2.05) is 32.0 Å². The largest absolute Gasteiger partial charge is 0.320 e. The molecule has 2 N–H and O–H groups in total. The number of carbonyl (C=O) groups is 1. The number of halogens is 2. The number of aryl methyl sites for hydroxylation is 1. The maximum absolute atomic E-state index is 12.1. The summed E-state index contributed by atoms with van der Waals surface area (Å²) in [6, 6.07) is 5.79. The summed E-state index contributed by atoms with van der Waals surface area (Å²) in [6.45, 7) is 3.98. The highest BCUT2D eigenvalue weighted by atomic mass is 79.9. The second-order valence-electron chi connectivity index (χ2n) is 3.90. The van der Waals surface area contributed by atoms with Gasteiger partial charge < -0.3 is 5.32 Å². The molecule has 1 heterocycles. The molecule has 0 radical (unpaired) electrons. The molecule has 0 fully saturated rings. The number of rotatable bonds is 2. The summed E-state index contributed by atoms with van der Waals surface area (Å²) in [6.07, 6.45) is 0. The van der Waals surface area contributed by atoms with Gasteiger partial charge in [-0.25, -0.2) is 0 Å². The summed E-state index contributed by atoms with van der Waals surface area (Å²) >= 11 is 6.55. The van der Waals surface area contributed by atoms with Gasteiger partial charge >= 0.3 is 0 Å². The van der Waals surface area contributed by atoms with E-state index >= 15 is 0 Å². The zero-order valence-corrected chi connectivity index (χ0v) is 13.0. The Balaban J connectivity index is 2.27. The first-order valence-electron chi connectivity index (χ1n) is 5.27. The lowest BCUT2D eigenvalue weighted by atomic mass is 10.1.